The fourth-order valence-electron chi connectivity index (χ4n) is 1.59. The van der Waals surface area contributed by atoms with Gasteiger partial charge in [0.2, 0.25) is 0 Å². The average molecular weight is 184 g/mol. The van der Waals surface area contributed by atoms with Crippen molar-refractivity contribution >= 4 is 0 Å². The summed E-state index contributed by atoms with van der Waals surface area (Å²) in [7, 11) is 0. The number of hydrogen-bond acceptors (Lipinski definition) is 3. The highest BCUT2D eigenvalue weighted by Gasteiger charge is 2.26. The lowest BCUT2D eigenvalue weighted by Gasteiger charge is -2.25. The molecule has 13 heavy (non-hydrogen) atoms. The molecule has 0 aliphatic carbocycles. The van der Waals surface area contributed by atoms with Crippen LogP contribution in [0.25, 0.3) is 0 Å². The Morgan fingerprint density at radius 2 is 2.15 bits per heavy atom. The van der Waals surface area contributed by atoms with Gasteiger partial charge in [-0.25, -0.2) is 0 Å². The summed E-state index contributed by atoms with van der Waals surface area (Å²) in [6.45, 7) is 11.8. The Hall–Kier alpha value is -0.700. The molecule has 0 unspecified atom stereocenters. The molecular weight excluding hydrogens is 164 g/mol. The molecule has 2 N–H and O–H groups in total. The Balaban J connectivity index is 2.38. The average Bonchev–Trinajstić information content (AvgIpc) is 2.31. The van der Waals surface area contributed by atoms with E-state index in [0.717, 1.165) is 19.5 Å². The minimum atomic E-state index is -0.0589. The summed E-state index contributed by atoms with van der Waals surface area (Å²) in [4.78, 5) is 2.07. The van der Waals surface area contributed by atoms with Crippen LogP contribution in [-0.4, -0.2) is 29.7 Å². The molecule has 76 valence electrons. The van der Waals surface area contributed by atoms with Crippen molar-refractivity contribution in [1.82, 2.24) is 4.90 Å². The lowest BCUT2D eigenvalue weighted by Crippen LogP contribution is -2.31. The second-order valence-electron chi connectivity index (χ2n) is 4.58. The number of nitrogens with zero attached hydrogens (tertiary/aromatic N) is 1. The van der Waals surface area contributed by atoms with Crippen molar-refractivity contribution in [2.75, 3.05) is 13.1 Å². The van der Waals surface area contributed by atoms with Gasteiger partial charge in [-0.15, -0.1) is 0 Å². The van der Waals surface area contributed by atoms with Gasteiger partial charge in [0, 0.05) is 13.1 Å². The molecule has 0 bridgehead atoms. The topological polar surface area (TPSA) is 38.5 Å². The molecule has 3 nitrogen and oxygen atoms in total. The number of likely N-dealkylation sites (tertiary alicyclic amines) is 1. The maximum absolute atomic E-state index is 5.84. The summed E-state index contributed by atoms with van der Waals surface area (Å²) >= 11 is 0. The van der Waals surface area contributed by atoms with Crippen molar-refractivity contribution in [2.45, 2.75) is 38.9 Å². The quantitative estimate of drug-likeness (QED) is 0.703. The summed E-state index contributed by atoms with van der Waals surface area (Å²) in [5.74, 6) is 0.653. The van der Waals surface area contributed by atoms with Crippen molar-refractivity contribution in [3.63, 3.8) is 0 Å². The van der Waals surface area contributed by atoms with E-state index < -0.39 is 0 Å². The van der Waals surface area contributed by atoms with Gasteiger partial charge < -0.3 is 15.4 Å². The van der Waals surface area contributed by atoms with Gasteiger partial charge >= 0.3 is 0 Å². The van der Waals surface area contributed by atoms with Gasteiger partial charge in [-0.1, -0.05) is 6.58 Å². The third-order valence-electron chi connectivity index (χ3n) is 2.07. The van der Waals surface area contributed by atoms with E-state index in [1.54, 1.807) is 0 Å². The molecule has 1 saturated heterocycles. The van der Waals surface area contributed by atoms with Gasteiger partial charge in [0.15, 0.2) is 0 Å². The Morgan fingerprint density at radius 3 is 2.54 bits per heavy atom. The highest BCUT2D eigenvalue weighted by Crippen LogP contribution is 2.20. The Kier molecular flexibility index (Phi) is 2.86. The Morgan fingerprint density at radius 1 is 1.54 bits per heavy atom. The van der Waals surface area contributed by atoms with E-state index in [4.69, 9.17) is 10.5 Å². The zero-order chi connectivity index (χ0) is 10.1. The summed E-state index contributed by atoms with van der Waals surface area (Å²) in [6, 6.07) is 0. The smallest absolute Gasteiger partial charge is 0.0913 e. The van der Waals surface area contributed by atoms with Crippen LogP contribution in [0, 0.1) is 0 Å². The molecule has 1 aliphatic rings. The molecule has 1 heterocycles. The monoisotopic (exact) mass is 184 g/mol. The molecule has 3 heteroatoms. The largest absolute Gasteiger partial charge is 0.386 e. The van der Waals surface area contributed by atoms with Crippen LogP contribution in [0.2, 0.25) is 0 Å². The Bertz CT molecular complexity index is 196. The van der Waals surface area contributed by atoms with Crippen LogP contribution < -0.4 is 5.73 Å². The molecule has 1 rings (SSSR count). The van der Waals surface area contributed by atoms with Crippen LogP contribution in [0.1, 0.15) is 27.2 Å². The van der Waals surface area contributed by atoms with Gasteiger partial charge in [-0.2, -0.15) is 0 Å². The standard InChI is InChI=1S/C10H20N2O/c1-8(11)12-6-5-9(7-12)13-10(2,3)4/h9H,1,5-7,11H2,2-4H3/t9-/m0/s1. The van der Waals surface area contributed by atoms with Crippen molar-refractivity contribution in [1.29, 1.82) is 0 Å². The zero-order valence-corrected chi connectivity index (χ0v) is 8.84. The summed E-state index contributed by atoms with van der Waals surface area (Å²) in [6.07, 6.45) is 1.35. The first-order valence-electron chi connectivity index (χ1n) is 4.75. The van der Waals surface area contributed by atoms with E-state index in [9.17, 15) is 0 Å². The van der Waals surface area contributed by atoms with E-state index >= 15 is 0 Å². The molecule has 0 radical (unpaired) electrons. The summed E-state index contributed by atoms with van der Waals surface area (Å²) in [5.41, 5.74) is 5.54. The molecule has 0 aromatic carbocycles. The van der Waals surface area contributed by atoms with Gasteiger partial charge in [-0.3, -0.25) is 0 Å². The van der Waals surface area contributed by atoms with Crippen molar-refractivity contribution in [3.05, 3.63) is 12.4 Å². The molecule has 0 spiro atoms. The van der Waals surface area contributed by atoms with E-state index in [0.29, 0.717) is 11.9 Å². The number of ether oxygens (including phenoxy) is 1. The minimum absolute atomic E-state index is 0.0589. The summed E-state index contributed by atoms with van der Waals surface area (Å²) < 4.78 is 5.84. The molecule has 0 saturated carbocycles. The van der Waals surface area contributed by atoms with Crippen LogP contribution in [0.15, 0.2) is 12.4 Å². The third-order valence-corrected chi connectivity index (χ3v) is 2.07. The van der Waals surface area contributed by atoms with Crippen molar-refractivity contribution < 1.29 is 4.74 Å². The van der Waals surface area contributed by atoms with Gasteiger partial charge in [0.25, 0.3) is 0 Å². The normalized spacial score (nSPS) is 23.6. The van der Waals surface area contributed by atoms with Crippen LogP contribution >= 0.6 is 0 Å². The lowest BCUT2D eigenvalue weighted by molar-refractivity contribution is -0.0530. The van der Waals surface area contributed by atoms with Crippen LogP contribution in [-0.2, 0) is 4.74 Å². The highest BCUT2D eigenvalue weighted by atomic mass is 16.5. The predicted octanol–water partition coefficient (Wildman–Crippen LogP) is 1.31. The number of hydrogen-bond donors (Lipinski definition) is 1. The fraction of sp³-hybridized carbons (Fsp3) is 0.800. The molecule has 0 aromatic rings. The zero-order valence-electron chi connectivity index (χ0n) is 8.84. The number of nitrogens with two attached hydrogens (primary N) is 1. The molecule has 1 aliphatic heterocycles. The van der Waals surface area contributed by atoms with Crippen molar-refractivity contribution in [3.8, 4) is 0 Å². The first kappa shape index (κ1) is 10.4. The van der Waals surface area contributed by atoms with Crippen molar-refractivity contribution in [2.24, 2.45) is 5.73 Å². The van der Waals surface area contributed by atoms with Crippen LogP contribution in [0.4, 0.5) is 0 Å². The molecule has 0 aromatic heterocycles. The van der Waals surface area contributed by atoms with Gasteiger partial charge in [0.05, 0.1) is 17.5 Å². The van der Waals surface area contributed by atoms with E-state index in [1.165, 1.54) is 0 Å². The lowest BCUT2D eigenvalue weighted by atomic mass is 10.2. The second kappa shape index (κ2) is 3.58. The minimum Gasteiger partial charge on any atom is -0.386 e. The fourth-order valence-corrected chi connectivity index (χ4v) is 1.59. The summed E-state index contributed by atoms with van der Waals surface area (Å²) in [5, 5.41) is 0. The maximum Gasteiger partial charge on any atom is 0.0913 e. The molecule has 0 amide bonds. The molecular formula is C10H20N2O. The van der Waals surface area contributed by atoms with Crippen LogP contribution in [0.5, 0.6) is 0 Å². The highest BCUT2D eigenvalue weighted by molar-refractivity contribution is 4.93. The van der Waals surface area contributed by atoms with Gasteiger partial charge in [0.1, 0.15) is 0 Å². The number of rotatable bonds is 2. The Labute approximate surface area is 80.5 Å². The van der Waals surface area contributed by atoms with E-state index in [-0.39, 0.29) is 5.60 Å². The predicted molar refractivity (Wildman–Crippen MR) is 54.1 cm³/mol. The third kappa shape index (κ3) is 3.27. The van der Waals surface area contributed by atoms with E-state index in [1.807, 2.05) is 0 Å². The first-order valence-corrected chi connectivity index (χ1v) is 4.75. The molecule has 1 fully saturated rings. The van der Waals surface area contributed by atoms with Crippen LogP contribution in [0.3, 0.4) is 0 Å². The van der Waals surface area contributed by atoms with E-state index in [2.05, 4.69) is 32.3 Å². The second-order valence-corrected chi connectivity index (χ2v) is 4.58. The van der Waals surface area contributed by atoms with Gasteiger partial charge in [-0.05, 0) is 27.2 Å². The maximum atomic E-state index is 5.84. The SMILES string of the molecule is C=C(N)N1CC[C@H](OC(C)(C)C)C1. The first-order chi connectivity index (χ1) is 5.88. The molecule has 1 atom stereocenters.